The number of benzene rings is 3. The van der Waals surface area contributed by atoms with Crippen LogP contribution < -0.4 is 16.4 Å². The van der Waals surface area contributed by atoms with Gasteiger partial charge >= 0.3 is 18.0 Å². The molecule has 0 spiro atoms. The molecule has 0 saturated carbocycles. The Morgan fingerprint density at radius 2 is 1.35 bits per heavy atom. The number of rotatable bonds is 18. The normalized spacial score (nSPS) is 13.4. The molecule has 0 radical (unpaired) electrons. The zero-order valence-corrected chi connectivity index (χ0v) is 28.5. The minimum Gasteiger partial charge on any atom is -0.480 e. The molecule has 0 bridgehead atoms. The van der Waals surface area contributed by atoms with Gasteiger partial charge < -0.3 is 31.3 Å². The molecule has 3 aromatic carbocycles. The van der Waals surface area contributed by atoms with Crippen molar-refractivity contribution >= 4 is 39.6 Å². The fourth-order valence-corrected chi connectivity index (χ4v) is 7.04. The Hall–Kier alpha value is -4.95. The topological polar surface area (TPSA) is 205 Å². The molecule has 0 aliphatic carbocycles. The van der Waals surface area contributed by atoms with Crippen molar-refractivity contribution in [3.05, 3.63) is 96.1 Å². The Balaban J connectivity index is 1.87. The van der Waals surface area contributed by atoms with E-state index in [1.807, 2.05) is 13.8 Å². The van der Waals surface area contributed by atoms with E-state index in [2.05, 4.69) is 10.6 Å². The van der Waals surface area contributed by atoms with Crippen LogP contribution in [0, 0.1) is 5.92 Å². The van der Waals surface area contributed by atoms with Crippen LogP contribution in [-0.2, 0) is 29.1 Å². The lowest BCUT2D eigenvalue weighted by molar-refractivity contribution is -0.142. The highest BCUT2D eigenvalue weighted by atomic mass is 32.2. The Bertz CT molecular complexity index is 1610. The van der Waals surface area contributed by atoms with E-state index in [4.69, 9.17) is 10.5 Å². The van der Waals surface area contributed by atoms with Crippen molar-refractivity contribution < 1.29 is 42.5 Å². The molecule has 0 heterocycles. The van der Waals surface area contributed by atoms with Gasteiger partial charge in [0.05, 0.1) is 12.0 Å². The molecule has 0 aromatic heterocycles. The number of hydrogen-bond acceptors (Lipinski definition) is 8. The predicted molar refractivity (Wildman–Crippen MR) is 183 cm³/mol. The number of alkyl carbamates (subject to hydrolysis) is 1. The van der Waals surface area contributed by atoms with Crippen LogP contribution in [0.15, 0.2) is 89.8 Å². The summed E-state index contributed by atoms with van der Waals surface area (Å²) in [6, 6.07) is 18.9. The van der Waals surface area contributed by atoms with E-state index in [0.717, 1.165) is 11.4 Å². The summed E-state index contributed by atoms with van der Waals surface area (Å²) in [5, 5.41) is 25.3. The summed E-state index contributed by atoms with van der Waals surface area (Å²) in [5.74, 6) is -4.27. The maximum Gasteiger partial charge on any atom is 0.407 e. The van der Waals surface area contributed by atoms with E-state index in [9.17, 15) is 37.8 Å². The van der Waals surface area contributed by atoms with Crippen molar-refractivity contribution in [2.45, 2.75) is 68.5 Å². The second-order valence-corrected chi connectivity index (χ2v) is 13.9. The molecule has 49 heavy (non-hydrogen) atoms. The molecule has 14 heteroatoms. The molecule has 2 unspecified atom stereocenters. The molecule has 0 aliphatic rings. The quantitative estimate of drug-likeness (QED) is 0.121. The lowest BCUT2D eigenvalue weighted by Gasteiger charge is -2.30. The number of amides is 2. The third-order valence-corrected chi connectivity index (χ3v) is 9.95. The van der Waals surface area contributed by atoms with E-state index in [1.165, 1.54) is 24.3 Å². The van der Waals surface area contributed by atoms with Gasteiger partial charge in [-0.2, -0.15) is 4.31 Å². The van der Waals surface area contributed by atoms with E-state index in [0.29, 0.717) is 23.2 Å². The zero-order valence-electron chi connectivity index (χ0n) is 27.7. The van der Waals surface area contributed by atoms with E-state index >= 15 is 0 Å². The first-order valence-corrected chi connectivity index (χ1v) is 17.3. The van der Waals surface area contributed by atoms with Gasteiger partial charge in [-0.05, 0) is 67.0 Å². The van der Waals surface area contributed by atoms with Crippen LogP contribution in [0.4, 0.5) is 10.5 Å². The summed E-state index contributed by atoms with van der Waals surface area (Å²) in [7, 11) is -3.13. The van der Waals surface area contributed by atoms with Gasteiger partial charge in [-0.3, -0.25) is 9.59 Å². The molecular formula is C35H44N4O9S. The minimum atomic E-state index is -4.27. The molecule has 0 aliphatic heterocycles. The number of aliphatic carboxylic acids is 2. The van der Waals surface area contributed by atoms with Crippen molar-refractivity contribution in [2.75, 3.05) is 19.4 Å². The zero-order chi connectivity index (χ0) is 36.1. The summed E-state index contributed by atoms with van der Waals surface area (Å²) in [4.78, 5) is 51.0. The summed E-state index contributed by atoms with van der Waals surface area (Å²) >= 11 is 0. The first-order chi connectivity index (χ1) is 23.3. The average molecular weight is 697 g/mol. The van der Waals surface area contributed by atoms with Gasteiger partial charge in [0.1, 0.15) is 18.1 Å². The van der Waals surface area contributed by atoms with Gasteiger partial charge in [0, 0.05) is 18.2 Å². The molecule has 0 saturated heterocycles. The number of nitrogens with two attached hydrogens (primary N) is 1. The fraction of sp³-hybridized carbons (Fsp3) is 0.371. The van der Waals surface area contributed by atoms with Gasteiger partial charge in [-0.25, -0.2) is 18.0 Å². The second-order valence-electron chi connectivity index (χ2n) is 12.0. The lowest BCUT2D eigenvalue weighted by Crippen LogP contribution is -2.54. The SMILES string of the molecule is COC(=O)N[C@H](C(=O)NC(CCCC(C(=O)O)N(CCC(C)C)S(=O)(=O)c1ccc(N)cc1)C(=O)O)C(c1ccccc1)c1ccccc1. The number of sulfonamides is 1. The minimum absolute atomic E-state index is 0.0623. The van der Waals surface area contributed by atoms with Crippen LogP contribution in [0.25, 0.3) is 0 Å². The smallest absolute Gasteiger partial charge is 0.407 e. The number of hydrogen-bond donors (Lipinski definition) is 5. The third kappa shape index (κ3) is 10.8. The number of nitrogen functional groups attached to an aromatic ring is 1. The van der Waals surface area contributed by atoms with Crippen LogP contribution in [-0.4, -0.2) is 78.7 Å². The molecular weight excluding hydrogens is 652 g/mol. The highest BCUT2D eigenvalue weighted by molar-refractivity contribution is 7.89. The summed E-state index contributed by atoms with van der Waals surface area (Å²) in [6.45, 7) is 3.68. The second kappa shape index (κ2) is 18.0. The molecule has 0 fully saturated rings. The van der Waals surface area contributed by atoms with Crippen molar-refractivity contribution in [1.29, 1.82) is 0 Å². The Morgan fingerprint density at radius 3 is 1.82 bits per heavy atom. The number of ether oxygens (including phenoxy) is 1. The van der Waals surface area contributed by atoms with E-state index < -0.39 is 58.0 Å². The number of nitrogens with zero attached hydrogens (tertiary/aromatic N) is 1. The molecule has 2 amide bonds. The number of carbonyl (C=O) groups excluding carboxylic acids is 2. The average Bonchev–Trinajstić information content (AvgIpc) is 3.07. The van der Waals surface area contributed by atoms with Crippen molar-refractivity contribution in [2.24, 2.45) is 5.92 Å². The molecule has 6 N–H and O–H groups in total. The van der Waals surface area contributed by atoms with Gasteiger partial charge in [-0.1, -0.05) is 74.5 Å². The summed E-state index contributed by atoms with van der Waals surface area (Å²) in [6.07, 6.45) is -1.06. The van der Waals surface area contributed by atoms with E-state index in [-0.39, 0.29) is 36.6 Å². The maximum atomic E-state index is 13.8. The third-order valence-electron chi connectivity index (χ3n) is 8.02. The summed E-state index contributed by atoms with van der Waals surface area (Å²) < 4.78 is 33.0. The largest absolute Gasteiger partial charge is 0.480 e. The van der Waals surface area contributed by atoms with Crippen LogP contribution in [0.5, 0.6) is 0 Å². The predicted octanol–water partition coefficient (Wildman–Crippen LogP) is 4.06. The molecule has 3 atom stereocenters. The number of methoxy groups -OCH3 is 1. The maximum absolute atomic E-state index is 13.8. The summed E-state index contributed by atoms with van der Waals surface area (Å²) in [5.41, 5.74) is 7.41. The van der Waals surface area contributed by atoms with Crippen LogP contribution >= 0.6 is 0 Å². The van der Waals surface area contributed by atoms with Gasteiger partial charge in [-0.15, -0.1) is 0 Å². The monoisotopic (exact) mass is 696 g/mol. The standard InChI is InChI=1S/C35H44N4O9S/c1-23(2)21-22-39(49(46,47)27-19-17-26(36)18-20-27)29(34(43)44)16-10-15-28(33(41)42)37-32(40)31(38-35(45)48-3)30(24-11-6-4-7-12-24)25-13-8-5-9-14-25/h4-9,11-14,17-20,23,28-31H,10,15-16,21-22,36H2,1-3H3,(H,37,40)(H,38,45)(H,41,42)(H,43,44)/t28?,29?,31-/m0/s1. The van der Waals surface area contributed by atoms with Crippen molar-refractivity contribution in [3.63, 3.8) is 0 Å². The van der Waals surface area contributed by atoms with Gasteiger partial charge in [0.15, 0.2) is 0 Å². The van der Waals surface area contributed by atoms with Gasteiger partial charge in [0.2, 0.25) is 15.9 Å². The highest BCUT2D eigenvalue weighted by Gasteiger charge is 2.37. The van der Waals surface area contributed by atoms with Crippen LogP contribution in [0.3, 0.4) is 0 Å². The number of anilines is 1. The first-order valence-electron chi connectivity index (χ1n) is 15.8. The van der Waals surface area contributed by atoms with Crippen LogP contribution in [0.2, 0.25) is 0 Å². The Kier molecular flexibility index (Phi) is 14.1. The first kappa shape index (κ1) is 38.5. The number of carboxylic acid groups (broad SMARTS) is 2. The molecule has 13 nitrogen and oxygen atoms in total. The number of carbonyl (C=O) groups is 4. The van der Waals surface area contributed by atoms with Crippen molar-refractivity contribution in [3.8, 4) is 0 Å². The molecule has 3 rings (SSSR count). The lowest BCUT2D eigenvalue weighted by atomic mass is 9.84. The number of carboxylic acids is 2. The van der Waals surface area contributed by atoms with E-state index in [1.54, 1.807) is 60.7 Å². The molecule has 264 valence electrons. The highest BCUT2D eigenvalue weighted by Crippen LogP contribution is 2.29. The van der Waals surface area contributed by atoms with Crippen LogP contribution in [0.1, 0.15) is 56.6 Å². The van der Waals surface area contributed by atoms with Crippen molar-refractivity contribution in [1.82, 2.24) is 14.9 Å². The Morgan fingerprint density at radius 1 is 0.796 bits per heavy atom. The molecule has 3 aromatic rings. The fourth-order valence-electron chi connectivity index (χ4n) is 5.41. The number of nitrogens with one attached hydrogen (secondary N) is 2. The van der Waals surface area contributed by atoms with Gasteiger partial charge in [0.25, 0.3) is 0 Å². The Labute approximate surface area is 286 Å².